The molecular formula is C28H32N4O4S. The molecule has 0 bridgehead atoms. The minimum Gasteiger partial charge on any atom is -0.391 e. The van der Waals surface area contributed by atoms with Gasteiger partial charge in [0.2, 0.25) is 5.91 Å². The molecule has 37 heavy (non-hydrogen) atoms. The van der Waals surface area contributed by atoms with Gasteiger partial charge in [-0.1, -0.05) is 44.2 Å². The number of carbonyl (C=O) groups is 3. The monoisotopic (exact) mass is 520 g/mol. The number of rotatable bonds is 9. The van der Waals surface area contributed by atoms with Gasteiger partial charge >= 0.3 is 0 Å². The van der Waals surface area contributed by atoms with Gasteiger partial charge in [0.25, 0.3) is 5.91 Å². The second-order valence-corrected chi connectivity index (χ2v) is 10.6. The maximum absolute atomic E-state index is 13.5. The van der Waals surface area contributed by atoms with Crippen molar-refractivity contribution in [2.45, 2.75) is 58.2 Å². The van der Waals surface area contributed by atoms with Crippen LogP contribution in [0.5, 0.6) is 0 Å². The Morgan fingerprint density at radius 1 is 1.14 bits per heavy atom. The first kappa shape index (κ1) is 26.6. The number of pyridine rings is 1. The first-order valence-electron chi connectivity index (χ1n) is 12.5. The number of β-amino-alcohol motifs (C(OH)–C–C–N with tert-alkyl or cyclic N) is 1. The zero-order valence-corrected chi connectivity index (χ0v) is 22.1. The van der Waals surface area contributed by atoms with Crippen LogP contribution in [0.4, 0.5) is 0 Å². The third-order valence-electron chi connectivity index (χ3n) is 6.67. The standard InChI is InChI=1S/C28H32N4O4S/c1-17(2)25(31-27(35)22-6-4-5-13-29-22)28(36)32-15-21(33)14-23(32)24(34)12-9-19-7-10-20(11-8-19)26-18(3)30-16-37-26/h4-8,10-11,13,16-17,21,23,25,33H,9,12,14-15H2,1-3H3,(H,31,35)/t21-,23+,25+/m1/s1. The van der Waals surface area contributed by atoms with E-state index >= 15 is 0 Å². The number of ketones is 1. The molecule has 4 rings (SSSR count). The lowest BCUT2D eigenvalue weighted by Crippen LogP contribution is -2.54. The quantitative estimate of drug-likeness (QED) is 0.447. The van der Waals surface area contributed by atoms with Gasteiger partial charge in [-0.25, -0.2) is 4.98 Å². The number of aromatic nitrogens is 2. The molecule has 1 aliphatic rings. The highest BCUT2D eigenvalue weighted by molar-refractivity contribution is 7.13. The minimum atomic E-state index is -0.835. The number of benzene rings is 1. The molecule has 0 saturated carbocycles. The molecule has 0 aliphatic carbocycles. The number of likely N-dealkylation sites (tertiary alicyclic amines) is 1. The Labute approximate surface area is 220 Å². The summed E-state index contributed by atoms with van der Waals surface area (Å²) in [5, 5.41) is 13.1. The number of amides is 2. The van der Waals surface area contributed by atoms with Gasteiger partial charge in [-0.05, 0) is 42.5 Å². The van der Waals surface area contributed by atoms with Crippen molar-refractivity contribution >= 4 is 28.9 Å². The second-order valence-electron chi connectivity index (χ2n) is 9.74. The molecular weight excluding hydrogens is 488 g/mol. The van der Waals surface area contributed by atoms with Crippen LogP contribution in [-0.2, 0) is 16.0 Å². The van der Waals surface area contributed by atoms with Gasteiger partial charge in [0.15, 0.2) is 5.78 Å². The lowest BCUT2D eigenvalue weighted by Gasteiger charge is -2.30. The Balaban J connectivity index is 1.40. The molecule has 1 aliphatic heterocycles. The van der Waals surface area contributed by atoms with Gasteiger partial charge in [0, 0.05) is 25.6 Å². The normalized spacial score (nSPS) is 18.1. The van der Waals surface area contributed by atoms with E-state index in [2.05, 4.69) is 15.3 Å². The summed E-state index contributed by atoms with van der Waals surface area (Å²) < 4.78 is 0. The maximum atomic E-state index is 13.5. The summed E-state index contributed by atoms with van der Waals surface area (Å²) in [6, 6.07) is 11.5. The molecule has 2 amide bonds. The van der Waals surface area contributed by atoms with Gasteiger partial charge in [0.1, 0.15) is 11.7 Å². The van der Waals surface area contributed by atoms with Gasteiger partial charge in [0.05, 0.1) is 28.2 Å². The molecule has 1 fully saturated rings. The van der Waals surface area contributed by atoms with Crippen molar-refractivity contribution in [1.82, 2.24) is 20.2 Å². The van der Waals surface area contributed by atoms with Crippen LogP contribution in [-0.4, -0.2) is 62.3 Å². The Bertz CT molecular complexity index is 1240. The zero-order chi connectivity index (χ0) is 26.5. The van der Waals surface area contributed by atoms with Crippen molar-refractivity contribution in [1.29, 1.82) is 0 Å². The van der Waals surface area contributed by atoms with Crippen LogP contribution < -0.4 is 5.32 Å². The third-order valence-corrected chi connectivity index (χ3v) is 7.65. The van der Waals surface area contributed by atoms with Crippen molar-refractivity contribution in [3.8, 4) is 10.4 Å². The van der Waals surface area contributed by atoms with E-state index in [1.165, 1.54) is 11.1 Å². The highest BCUT2D eigenvalue weighted by Gasteiger charge is 2.41. The summed E-state index contributed by atoms with van der Waals surface area (Å²) in [5.74, 6) is -1.12. The molecule has 0 spiro atoms. The van der Waals surface area contributed by atoms with Gasteiger partial charge in [-0.15, -0.1) is 11.3 Å². The second kappa shape index (κ2) is 11.7. The molecule has 3 heterocycles. The predicted molar refractivity (Wildman–Crippen MR) is 142 cm³/mol. The van der Waals surface area contributed by atoms with Crippen LogP contribution in [0, 0.1) is 12.8 Å². The number of carbonyl (C=O) groups excluding carboxylic acids is 3. The zero-order valence-electron chi connectivity index (χ0n) is 21.3. The van der Waals surface area contributed by atoms with Crippen LogP contribution in [0.2, 0.25) is 0 Å². The fraction of sp³-hybridized carbons (Fsp3) is 0.393. The van der Waals surface area contributed by atoms with E-state index < -0.39 is 24.1 Å². The number of nitrogens with one attached hydrogen (secondary N) is 1. The first-order chi connectivity index (χ1) is 17.7. The lowest BCUT2D eigenvalue weighted by molar-refractivity contribution is -0.140. The Morgan fingerprint density at radius 3 is 2.51 bits per heavy atom. The molecule has 0 radical (unpaired) electrons. The van der Waals surface area contributed by atoms with Crippen LogP contribution in [0.25, 0.3) is 10.4 Å². The third kappa shape index (κ3) is 6.29. The molecule has 1 saturated heterocycles. The molecule has 3 aromatic rings. The number of aryl methyl sites for hydroxylation is 2. The van der Waals surface area contributed by atoms with Gasteiger partial charge in [-0.2, -0.15) is 0 Å². The number of hydrogen-bond acceptors (Lipinski definition) is 7. The number of hydrogen-bond donors (Lipinski definition) is 2. The van der Waals surface area contributed by atoms with Crippen molar-refractivity contribution in [2.75, 3.05) is 6.54 Å². The van der Waals surface area contributed by atoms with E-state index in [1.807, 2.05) is 50.5 Å². The number of thiazole rings is 1. The number of Topliss-reactive ketones (excluding diaryl/α,β-unsaturated/α-hetero) is 1. The van der Waals surface area contributed by atoms with E-state index in [0.29, 0.717) is 6.42 Å². The van der Waals surface area contributed by atoms with Crippen LogP contribution in [0.15, 0.2) is 54.2 Å². The first-order valence-corrected chi connectivity index (χ1v) is 13.3. The van der Waals surface area contributed by atoms with E-state index in [1.54, 1.807) is 29.5 Å². The van der Waals surface area contributed by atoms with Crippen LogP contribution in [0.1, 0.15) is 48.4 Å². The molecule has 9 heteroatoms. The van der Waals surface area contributed by atoms with Gasteiger partial charge in [-0.3, -0.25) is 19.4 Å². The molecule has 2 N–H and O–H groups in total. The molecule has 0 unspecified atom stereocenters. The molecule has 194 valence electrons. The van der Waals surface area contributed by atoms with Crippen molar-refractivity contribution in [3.63, 3.8) is 0 Å². The molecule has 2 aromatic heterocycles. The van der Waals surface area contributed by atoms with E-state index in [0.717, 1.165) is 21.7 Å². The Morgan fingerprint density at radius 2 is 1.89 bits per heavy atom. The average Bonchev–Trinajstić information content (AvgIpc) is 3.51. The van der Waals surface area contributed by atoms with E-state index in [9.17, 15) is 19.5 Å². The number of aliphatic hydroxyl groups is 1. The summed E-state index contributed by atoms with van der Waals surface area (Å²) in [4.78, 5) is 50.3. The minimum absolute atomic E-state index is 0.0703. The van der Waals surface area contributed by atoms with Crippen molar-refractivity contribution in [2.24, 2.45) is 5.92 Å². The fourth-order valence-corrected chi connectivity index (χ4v) is 5.41. The smallest absolute Gasteiger partial charge is 0.270 e. The molecule has 3 atom stereocenters. The fourth-order valence-electron chi connectivity index (χ4n) is 4.60. The van der Waals surface area contributed by atoms with Crippen LogP contribution in [0.3, 0.4) is 0 Å². The summed E-state index contributed by atoms with van der Waals surface area (Å²) in [7, 11) is 0. The largest absolute Gasteiger partial charge is 0.391 e. The predicted octanol–water partition coefficient (Wildman–Crippen LogP) is 3.43. The van der Waals surface area contributed by atoms with Gasteiger partial charge < -0.3 is 15.3 Å². The summed E-state index contributed by atoms with van der Waals surface area (Å²) in [6.07, 6.45) is 1.74. The molecule has 1 aromatic carbocycles. The van der Waals surface area contributed by atoms with Crippen molar-refractivity contribution in [3.05, 3.63) is 71.1 Å². The number of nitrogens with zero attached hydrogens (tertiary/aromatic N) is 3. The SMILES string of the molecule is Cc1ncsc1-c1ccc(CCC(=O)[C@@H]2C[C@@H](O)CN2C(=O)[C@@H](NC(=O)c2ccccn2)C(C)C)cc1. The summed E-state index contributed by atoms with van der Waals surface area (Å²) in [5.41, 5.74) is 5.16. The average molecular weight is 521 g/mol. The maximum Gasteiger partial charge on any atom is 0.270 e. The number of aliphatic hydroxyl groups excluding tert-OH is 1. The van der Waals surface area contributed by atoms with E-state index in [4.69, 9.17) is 0 Å². The summed E-state index contributed by atoms with van der Waals surface area (Å²) >= 11 is 1.60. The topological polar surface area (TPSA) is 112 Å². The molecule has 8 nitrogen and oxygen atoms in total. The van der Waals surface area contributed by atoms with Crippen LogP contribution >= 0.6 is 11.3 Å². The van der Waals surface area contributed by atoms with E-state index in [-0.39, 0.29) is 42.7 Å². The Hall–Kier alpha value is -3.43. The highest BCUT2D eigenvalue weighted by atomic mass is 32.1. The van der Waals surface area contributed by atoms with Crippen molar-refractivity contribution < 1.29 is 19.5 Å². The summed E-state index contributed by atoms with van der Waals surface area (Å²) in [6.45, 7) is 5.72. The highest BCUT2D eigenvalue weighted by Crippen LogP contribution is 2.28. The Kier molecular flexibility index (Phi) is 8.45. The lowest BCUT2D eigenvalue weighted by atomic mass is 9.98.